The molecule has 1 amide bonds. The number of allylic oxidation sites excluding steroid dienone is 1. The number of furan rings is 1. The van der Waals surface area contributed by atoms with Crippen LogP contribution in [0.25, 0.3) is 38.4 Å². The van der Waals surface area contributed by atoms with Gasteiger partial charge in [0.2, 0.25) is 5.91 Å². The summed E-state index contributed by atoms with van der Waals surface area (Å²) in [6, 6.07) is 26.2. The van der Waals surface area contributed by atoms with Gasteiger partial charge >= 0.3 is 0 Å². The molecule has 0 unspecified atom stereocenters. The monoisotopic (exact) mass is 477 g/mol. The van der Waals surface area contributed by atoms with Crippen LogP contribution in [0.1, 0.15) is 18.1 Å². The maximum absolute atomic E-state index is 12.7. The quantitative estimate of drug-likeness (QED) is 0.257. The highest BCUT2D eigenvalue weighted by molar-refractivity contribution is 6.01. The number of benzene rings is 4. The Balaban J connectivity index is 1.44. The molecule has 0 atom stereocenters. The summed E-state index contributed by atoms with van der Waals surface area (Å²) >= 11 is 0. The van der Waals surface area contributed by atoms with Gasteiger partial charge in [-0.05, 0) is 58.7 Å². The van der Waals surface area contributed by atoms with E-state index in [0.29, 0.717) is 12.3 Å². The maximum Gasteiger partial charge on any atom is 0.244 e. The third-order valence-electron chi connectivity index (χ3n) is 6.35. The minimum Gasteiger partial charge on any atom is -0.497 e. The molecule has 36 heavy (non-hydrogen) atoms. The fourth-order valence-corrected chi connectivity index (χ4v) is 4.37. The van der Waals surface area contributed by atoms with E-state index in [0.717, 1.165) is 44.5 Å². The number of methoxy groups -OCH3 is 2. The lowest BCUT2D eigenvalue weighted by molar-refractivity contribution is -0.116. The van der Waals surface area contributed by atoms with Gasteiger partial charge in [-0.2, -0.15) is 0 Å². The van der Waals surface area contributed by atoms with Crippen molar-refractivity contribution in [3.8, 4) is 22.6 Å². The molecule has 5 aromatic rings. The molecule has 0 saturated carbocycles. The van der Waals surface area contributed by atoms with E-state index in [2.05, 4.69) is 35.6 Å². The first-order valence-corrected chi connectivity index (χ1v) is 11.7. The van der Waals surface area contributed by atoms with E-state index in [1.54, 1.807) is 26.6 Å². The Morgan fingerprint density at radius 1 is 0.917 bits per heavy atom. The van der Waals surface area contributed by atoms with Crippen molar-refractivity contribution >= 4 is 33.2 Å². The molecular weight excluding hydrogens is 450 g/mol. The van der Waals surface area contributed by atoms with Crippen molar-refractivity contribution in [2.24, 2.45) is 0 Å². The maximum atomic E-state index is 12.7. The largest absolute Gasteiger partial charge is 0.497 e. The summed E-state index contributed by atoms with van der Waals surface area (Å²) in [5.74, 6) is 1.26. The van der Waals surface area contributed by atoms with Crippen molar-refractivity contribution in [1.82, 2.24) is 5.32 Å². The molecule has 0 spiro atoms. The van der Waals surface area contributed by atoms with Gasteiger partial charge in [-0.15, -0.1) is 0 Å². The number of hydrogen-bond acceptors (Lipinski definition) is 4. The van der Waals surface area contributed by atoms with Crippen LogP contribution >= 0.6 is 0 Å². The summed E-state index contributed by atoms with van der Waals surface area (Å²) in [5.41, 5.74) is 5.43. The van der Waals surface area contributed by atoms with Gasteiger partial charge in [-0.1, -0.05) is 48.5 Å². The molecule has 0 fully saturated rings. The normalized spacial score (nSPS) is 11.6. The zero-order chi connectivity index (χ0) is 25.1. The highest BCUT2D eigenvalue weighted by atomic mass is 16.5. The van der Waals surface area contributed by atoms with Gasteiger partial charge in [0, 0.05) is 35.2 Å². The predicted octanol–water partition coefficient (Wildman–Crippen LogP) is 6.99. The van der Waals surface area contributed by atoms with Crippen LogP contribution in [-0.2, 0) is 11.3 Å². The fourth-order valence-electron chi connectivity index (χ4n) is 4.37. The lowest BCUT2D eigenvalue weighted by atomic mass is 9.97. The Morgan fingerprint density at radius 3 is 2.44 bits per heavy atom. The van der Waals surface area contributed by atoms with Gasteiger partial charge in [-0.25, -0.2) is 0 Å². The van der Waals surface area contributed by atoms with E-state index in [9.17, 15) is 4.79 Å². The highest BCUT2D eigenvalue weighted by Crippen LogP contribution is 2.38. The average Bonchev–Trinajstić information content (AvgIpc) is 3.34. The lowest BCUT2D eigenvalue weighted by Crippen LogP contribution is -2.20. The highest BCUT2D eigenvalue weighted by Gasteiger charge is 2.15. The first-order valence-electron chi connectivity index (χ1n) is 11.7. The van der Waals surface area contributed by atoms with Crippen LogP contribution in [0.4, 0.5) is 0 Å². The number of nitrogens with one attached hydrogen (secondary N) is 1. The van der Waals surface area contributed by atoms with Crippen molar-refractivity contribution in [1.29, 1.82) is 0 Å². The summed E-state index contributed by atoms with van der Waals surface area (Å²) in [7, 11) is 3.25. The fraction of sp³-hybridized carbons (Fsp3) is 0.129. The summed E-state index contributed by atoms with van der Waals surface area (Å²) in [5, 5.41) is 6.27. The Bertz CT molecular complexity index is 1580. The van der Waals surface area contributed by atoms with Crippen molar-refractivity contribution in [3.05, 3.63) is 102 Å². The van der Waals surface area contributed by atoms with Crippen LogP contribution < -0.4 is 14.8 Å². The second-order valence-electron chi connectivity index (χ2n) is 8.65. The van der Waals surface area contributed by atoms with Crippen molar-refractivity contribution in [2.45, 2.75) is 13.5 Å². The second kappa shape index (κ2) is 10.0. The molecule has 1 aromatic heterocycles. The first-order chi connectivity index (χ1) is 17.6. The number of hydrogen-bond donors (Lipinski definition) is 1. The van der Waals surface area contributed by atoms with Gasteiger partial charge in [0.1, 0.15) is 17.1 Å². The first kappa shape index (κ1) is 23.2. The Kier molecular flexibility index (Phi) is 6.46. The van der Waals surface area contributed by atoms with Gasteiger partial charge in [-0.3, -0.25) is 4.79 Å². The topological polar surface area (TPSA) is 60.7 Å². The Hall–Kier alpha value is -4.51. The third-order valence-corrected chi connectivity index (χ3v) is 6.35. The van der Waals surface area contributed by atoms with Gasteiger partial charge < -0.3 is 19.2 Å². The molecule has 180 valence electrons. The number of carbonyl (C=O) groups is 1. The average molecular weight is 478 g/mol. The van der Waals surface area contributed by atoms with Crippen molar-refractivity contribution in [3.63, 3.8) is 0 Å². The molecule has 5 rings (SSSR count). The standard InChI is InChI=1S/C31H27NO4/c1-20(14-31(33)32-18-21-8-12-25(34-2)13-9-21)26-16-27-28(19-36-30(27)17-29(26)35-3)24-11-10-22-6-4-5-7-23(22)15-24/h4-17,19H,18H2,1-3H3,(H,32,33)/b20-14+. The smallest absolute Gasteiger partial charge is 0.244 e. The minimum atomic E-state index is -0.174. The summed E-state index contributed by atoms with van der Waals surface area (Å²) < 4.78 is 16.7. The molecule has 1 N–H and O–H groups in total. The van der Waals surface area contributed by atoms with Crippen LogP contribution in [0.15, 0.2) is 95.6 Å². The van der Waals surface area contributed by atoms with Gasteiger partial charge in [0.25, 0.3) is 0 Å². The molecule has 4 aromatic carbocycles. The minimum absolute atomic E-state index is 0.174. The van der Waals surface area contributed by atoms with Crippen molar-refractivity contribution in [2.75, 3.05) is 14.2 Å². The molecule has 5 nitrogen and oxygen atoms in total. The summed E-state index contributed by atoms with van der Waals surface area (Å²) in [6.07, 6.45) is 3.38. The van der Waals surface area contributed by atoms with Crippen LogP contribution in [0.3, 0.4) is 0 Å². The van der Waals surface area contributed by atoms with E-state index < -0.39 is 0 Å². The van der Waals surface area contributed by atoms with Crippen LogP contribution in [-0.4, -0.2) is 20.1 Å². The molecule has 0 saturated heterocycles. The molecule has 5 heteroatoms. The zero-order valence-electron chi connectivity index (χ0n) is 20.5. The van der Waals surface area contributed by atoms with E-state index in [1.807, 2.05) is 55.5 Å². The molecule has 0 aliphatic rings. The van der Waals surface area contributed by atoms with Crippen LogP contribution in [0, 0.1) is 0 Å². The lowest BCUT2D eigenvalue weighted by Gasteiger charge is -2.10. The van der Waals surface area contributed by atoms with E-state index in [4.69, 9.17) is 13.9 Å². The summed E-state index contributed by atoms with van der Waals surface area (Å²) in [4.78, 5) is 12.7. The number of ether oxygens (including phenoxy) is 2. The number of rotatable bonds is 7. The third kappa shape index (κ3) is 4.68. The predicted molar refractivity (Wildman–Crippen MR) is 144 cm³/mol. The van der Waals surface area contributed by atoms with Gasteiger partial charge in [0.05, 0.1) is 20.5 Å². The summed E-state index contributed by atoms with van der Waals surface area (Å²) in [6.45, 7) is 2.34. The van der Waals surface area contributed by atoms with Crippen LogP contribution in [0.2, 0.25) is 0 Å². The molecule has 1 heterocycles. The zero-order valence-corrected chi connectivity index (χ0v) is 20.5. The van der Waals surface area contributed by atoms with Crippen molar-refractivity contribution < 1.29 is 18.7 Å². The number of fused-ring (bicyclic) bond motifs is 2. The van der Waals surface area contributed by atoms with E-state index >= 15 is 0 Å². The SMILES string of the molecule is COc1ccc(CNC(=O)/C=C(\C)c2cc3c(-c4ccc5ccccc5c4)coc3cc2OC)cc1. The number of amides is 1. The van der Waals surface area contributed by atoms with Crippen LogP contribution in [0.5, 0.6) is 11.5 Å². The Morgan fingerprint density at radius 2 is 1.69 bits per heavy atom. The number of carbonyl (C=O) groups excluding carboxylic acids is 1. The van der Waals surface area contributed by atoms with E-state index in [1.165, 1.54) is 10.8 Å². The molecule has 0 bridgehead atoms. The van der Waals surface area contributed by atoms with Gasteiger partial charge in [0.15, 0.2) is 0 Å². The van der Waals surface area contributed by atoms with E-state index in [-0.39, 0.29) is 5.91 Å². The molecule has 0 aliphatic heterocycles. The second-order valence-corrected chi connectivity index (χ2v) is 8.65. The molecule has 0 radical (unpaired) electrons. The Labute approximate surface area is 210 Å². The molecular formula is C31H27NO4. The molecule has 0 aliphatic carbocycles.